The number of aliphatic hydroxyl groups is 1. The number of rotatable bonds is 4. The fourth-order valence-corrected chi connectivity index (χ4v) is 2.79. The molecule has 1 unspecified atom stereocenters. The molecule has 1 atom stereocenters. The van der Waals surface area contributed by atoms with Crippen LogP contribution in [0.5, 0.6) is 0 Å². The molecule has 0 fully saturated rings. The number of hydrogen-bond acceptors (Lipinski definition) is 2. The fourth-order valence-electron chi connectivity index (χ4n) is 2.79. The lowest BCUT2D eigenvalue weighted by molar-refractivity contribution is 0.168. The van der Waals surface area contributed by atoms with Crippen molar-refractivity contribution in [2.75, 3.05) is 0 Å². The Labute approximate surface area is 131 Å². The number of aromatic nitrogens is 2. The van der Waals surface area contributed by atoms with Gasteiger partial charge in [-0.3, -0.25) is 0 Å². The number of benzene rings is 1. The Morgan fingerprint density at radius 3 is 2.50 bits per heavy atom. The molecule has 3 rings (SSSR count). The van der Waals surface area contributed by atoms with Crippen molar-refractivity contribution in [1.82, 2.24) is 9.38 Å². The largest absolute Gasteiger partial charge is 0.387 e. The van der Waals surface area contributed by atoms with Gasteiger partial charge in [-0.05, 0) is 43.0 Å². The minimum Gasteiger partial charge on any atom is -0.387 e. The molecule has 3 nitrogen and oxygen atoms in total. The smallest absolute Gasteiger partial charge is 0.138 e. The lowest BCUT2D eigenvalue weighted by atomic mass is 10.0. The van der Waals surface area contributed by atoms with Crippen molar-refractivity contribution in [3.63, 3.8) is 0 Å². The average molecular weight is 294 g/mol. The lowest BCUT2D eigenvalue weighted by Crippen LogP contribution is -2.02. The van der Waals surface area contributed by atoms with E-state index in [2.05, 4.69) is 44.2 Å². The minimum absolute atomic E-state index is 0.515. The van der Waals surface area contributed by atoms with Crippen LogP contribution in [0.2, 0.25) is 0 Å². The Balaban J connectivity index is 2.22. The molecule has 114 valence electrons. The first-order valence-electron chi connectivity index (χ1n) is 7.90. The molecule has 0 aliphatic rings. The summed E-state index contributed by atoms with van der Waals surface area (Å²) in [6.07, 6.45) is 3.17. The van der Waals surface area contributed by atoms with Crippen molar-refractivity contribution < 1.29 is 5.11 Å². The van der Waals surface area contributed by atoms with Crippen LogP contribution < -0.4 is 0 Å². The number of aliphatic hydroxyl groups excluding tert-OH is 1. The third-order valence-corrected chi connectivity index (χ3v) is 4.16. The Kier molecular flexibility index (Phi) is 3.99. The first-order valence-corrected chi connectivity index (χ1v) is 7.90. The van der Waals surface area contributed by atoms with Crippen LogP contribution in [0, 0.1) is 6.92 Å². The summed E-state index contributed by atoms with van der Waals surface area (Å²) in [6, 6.07) is 12.6. The van der Waals surface area contributed by atoms with Gasteiger partial charge in [0.25, 0.3) is 0 Å². The fraction of sp³-hybridized carbons (Fsp3) is 0.316. The molecule has 0 spiro atoms. The van der Waals surface area contributed by atoms with E-state index in [1.165, 1.54) is 11.1 Å². The Hall–Kier alpha value is -2.13. The monoisotopic (exact) mass is 294 g/mol. The Morgan fingerprint density at radius 2 is 1.86 bits per heavy atom. The van der Waals surface area contributed by atoms with Crippen molar-refractivity contribution >= 4 is 5.65 Å². The van der Waals surface area contributed by atoms with E-state index >= 15 is 0 Å². The van der Waals surface area contributed by atoms with Crippen LogP contribution in [0.4, 0.5) is 0 Å². The molecule has 2 heterocycles. The zero-order chi connectivity index (χ0) is 15.7. The summed E-state index contributed by atoms with van der Waals surface area (Å²) in [4.78, 5) is 4.77. The normalized spacial score (nSPS) is 12.7. The standard InChI is InChI=1S/C19H22N2O/c1-4-14-6-8-15(9-7-14)18-19(16(22)5-2)21-11-10-13(3)12-17(21)20-18/h6-12,16,22H,4-5H2,1-3H3. The maximum Gasteiger partial charge on any atom is 0.138 e. The molecule has 3 heteroatoms. The number of nitrogens with zero attached hydrogens (tertiary/aromatic N) is 2. The van der Waals surface area contributed by atoms with Crippen LogP contribution in [0.3, 0.4) is 0 Å². The first-order chi connectivity index (χ1) is 10.6. The molecular formula is C19H22N2O. The second-order valence-electron chi connectivity index (χ2n) is 5.75. The zero-order valence-electron chi connectivity index (χ0n) is 13.4. The van der Waals surface area contributed by atoms with Gasteiger partial charge >= 0.3 is 0 Å². The summed E-state index contributed by atoms with van der Waals surface area (Å²) in [5.74, 6) is 0. The highest BCUT2D eigenvalue weighted by atomic mass is 16.3. The van der Waals surface area contributed by atoms with E-state index in [0.29, 0.717) is 6.42 Å². The van der Waals surface area contributed by atoms with Crippen LogP contribution in [-0.2, 0) is 6.42 Å². The summed E-state index contributed by atoms with van der Waals surface area (Å²) >= 11 is 0. The van der Waals surface area contributed by atoms with E-state index in [9.17, 15) is 5.11 Å². The summed E-state index contributed by atoms with van der Waals surface area (Å²) in [6.45, 7) is 6.19. The minimum atomic E-state index is -0.515. The van der Waals surface area contributed by atoms with Crippen molar-refractivity contribution in [2.24, 2.45) is 0 Å². The molecule has 3 aromatic rings. The van der Waals surface area contributed by atoms with Crippen molar-refractivity contribution in [3.8, 4) is 11.3 Å². The third-order valence-electron chi connectivity index (χ3n) is 4.16. The topological polar surface area (TPSA) is 37.5 Å². The molecule has 0 aliphatic heterocycles. The molecule has 1 aromatic carbocycles. The van der Waals surface area contributed by atoms with Crippen molar-refractivity contribution in [2.45, 2.75) is 39.7 Å². The maximum absolute atomic E-state index is 10.5. The molecule has 0 saturated carbocycles. The lowest BCUT2D eigenvalue weighted by Gasteiger charge is -2.11. The van der Waals surface area contributed by atoms with Crippen LogP contribution in [0.25, 0.3) is 16.9 Å². The van der Waals surface area contributed by atoms with Gasteiger partial charge in [-0.15, -0.1) is 0 Å². The van der Waals surface area contributed by atoms with Crippen molar-refractivity contribution in [1.29, 1.82) is 0 Å². The number of fused-ring (bicyclic) bond motifs is 1. The van der Waals surface area contributed by atoms with E-state index in [-0.39, 0.29) is 0 Å². The van der Waals surface area contributed by atoms with Crippen LogP contribution in [0.15, 0.2) is 42.6 Å². The number of aryl methyl sites for hydroxylation is 2. The maximum atomic E-state index is 10.5. The van der Waals surface area contributed by atoms with Gasteiger partial charge in [0, 0.05) is 11.8 Å². The molecule has 1 N–H and O–H groups in total. The van der Waals surface area contributed by atoms with Crippen LogP contribution >= 0.6 is 0 Å². The van der Waals surface area contributed by atoms with Gasteiger partial charge in [-0.1, -0.05) is 38.1 Å². The van der Waals surface area contributed by atoms with Crippen molar-refractivity contribution in [3.05, 3.63) is 59.4 Å². The Bertz CT molecular complexity index is 787. The summed E-state index contributed by atoms with van der Waals surface area (Å²) in [5, 5.41) is 10.5. The third kappa shape index (κ3) is 2.53. The predicted molar refractivity (Wildman–Crippen MR) is 90.0 cm³/mol. The molecule has 22 heavy (non-hydrogen) atoms. The predicted octanol–water partition coefficient (Wildman–Crippen LogP) is 4.32. The molecule has 0 amide bonds. The molecule has 0 saturated heterocycles. The Morgan fingerprint density at radius 1 is 1.14 bits per heavy atom. The highest BCUT2D eigenvalue weighted by Gasteiger charge is 2.19. The molecular weight excluding hydrogens is 272 g/mol. The molecule has 0 radical (unpaired) electrons. The molecule has 0 aliphatic carbocycles. The van der Waals surface area contributed by atoms with E-state index in [1.54, 1.807) is 0 Å². The number of pyridine rings is 1. The van der Waals surface area contributed by atoms with Crippen LogP contribution in [0.1, 0.15) is 43.2 Å². The highest BCUT2D eigenvalue weighted by Crippen LogP contribution is 2.31. The summed E-state index contributed by atoms with van der Waals surface area (Å²) < 4.78 is 2.00. The van der Waals surface area contributed by atoms with Gasteiger partial charge in [0.2, 0.25) is 0 Å². The van der Waals surface area contributed by atoms with E-state index < -0.39 is 6.10 Å². The number of hydrogen-bond donors (Lipinski definition) is 1. The quantitative estimate of drug-likeness (QED) is 0.778. The number of imidazole rings is 1. The van der Waals surface area contributed by atoms with Gasteiger partial charge < -0.3 is 9.51 Å². The average Bonchev–Trinajstić information content (AvgIpc) is 2.92. The zero-order valence-corrected chi connectivity index (χ0v) is 13.4. The second kappa shape index (κ2) is 5.93. The van der Waals surface area contributed by atoms with Gasteiger partial charge in [-0.2, -0.15) is 0 Å². The van der Waals surface area contributed by atoms with Gasteiger partial charge in [0.15, 0.2) is 0 Å². The highest BCUT2D eigenvalue weighted by molar-refractivity contribution is 5.67. The first kappa shape index (κ1) is 14.8. The van der Waals surface area contributed by atoms with Crippen LogP contribution in [-0.4, -0.2) is 14.5 Å². The summed E-state index contributed by atoms with van der Waals surface area (Å²) in [7, 11) is 0. The molecule has 0 bridgehead atoms. The van der Waals surface area contributed by atoms with Gasteiger partial charge in [-0.25, -0.2) is 4.98 Å². The SMILES string of the molecule is CCc1ccc(-c2nc3cc(C)ccn3c2C(O)CC)cc1. The molecule has 2 aromatic heterocycles. The van der Waals surface area contributed by atoms with E-state index in [0.717, 1.165) is 29.0 Å². The summed E-state index contributed by atoms with van der Waals surface area (Å²) in [5.41, 5.74) is 6.17. The van der Waals surface area contributed by atoms with Gasteiger partial charge in [0.1, 0.15) is 5.65 Å². The second-order valence-corrected chi connectivity index (χ2v) is 5.75. The van der Waals surface area contributed by atoms with E-state index in [4.69, 9.17) is 4.98 Å². The van der Waals surface area contributed by atoms with E-state index in [1.807, 2.05) is 23.6 Å². The van der Waals surface area contributed by atoms with Gasteiger partial charge in [0.05, 0.1) is 17.5 Å².